The van der Waals surface area contributed by atoms with E-state index in [-0.39, 0.29) is 12.1 Å². The molecule has 1 aliphatic carbocycles. The number of carbonyl (C=O) groups is 1. The Morgan fingerprint density at radius 1 is 1.05 bits per heavy atom. The molecule has 0 aromatic heterocycles. The van der Waals surface area contributed by atoms with Crippen LogP contribution in [-0.2, 0) is 11.3 Å². The zero-order chi connectivity index (χ0) is 15.2. The molecule has 0 saturated heterocycles. The van der Waals surface area contributed by atoms with Crippen LogP contribution >= 0.6 is 0 Å². The quantitative estimate of drug-likeness (QED) is 0.919. The van der Waals surface area contributed by atoms with Crippen molar-refractivity contribution in [2.45, 2.75) is 25.5 Å². The van der Waals surface area contributed by atoms with Gasteiger partial charge >= 0.3 is 6.09 Å². The van der Waals surface area contributed by atoms with Gasteiger partial charge < -0.3 is 10.1 Å². The second-order valence-corrected chi connectivity index (χ2v) is 5.41. The monoisotopic (exact) mass is 293 g/mol. The highest BCUT2D eigenvalue weighted by molar-refractivity contribution is 5.72. The van der Waals surface area contributed by atoms with Crippen LogP contribution < -0.4 is 5.32 Å². The highest BCUT2D eigenvalue weighted by atomic mass is 16.5. The molecule has 0 radical (unpaired) electrons. The number of amides is 1. The molecule has 2 aromatic carbocycles. The SMILES string of the molecule is O=C(NC1C=C(c2ccccc2)CC1)OCc1ccccc1. The summed E-state index contributed by atoms with van der Waals surface area (Å²) in [5, 5.41) is 2.91. The molecule has 0 spiro atoms. The summed E-state index contributed by atoms with van der Waals surface area (Å²) in [6.07, 6.45) is 3.66. The zero-order valence-corrected chi connectivity index (χ0v) is 12.4. The number of carbonyl (C=O) groups excluding carboxylic acids is 1. The third kappa shape index (κ3) is 3.76. The van der Waals surface area contributed by atoms with E-state index in [1.807, 2.05) is 48.5 Å². The van der Waals surface area contributed by atoms with Gasteiger partial charge in [0.2, 0.25) is 0 Å². The first-order valence-corrected chi connectivity index (χ1v) is 7.54. The average Bonchev–Trinajstić information content (AvgIpc) is 3.03. The van der Waals surface area contributed by atoms with E-state index in [0.29, 0.717) is 6.61 Å². The summed E-state index contributed by atoms with van der Waals surface area (Å²) in [4.78, 5) is 11.9. The van der Waals surface area contributed by atoms with E-state index >= 15 is 0 Å². The molecule has 3 nitrogen and oxygen atoms in total. The van der Waals surface area contributed by atoms with Crippen LogP contribution in [0.15, 0.2) is 66.7 Å². The molecule has 0 bridgehead atoms. The zero-order valence-electron chi connectivity index (χ0n) is 12.4. The van der Waals surface area contributed by atoms with Gasteiger partial charge in [0.05, 0.1) is 6.04 Å². The molecule has 112 valence electrons. The Labute approximate surface area is 130 Å². The van der Waals surface area contributed by atoms with Gasteiger partial charge in [-0.2, -0.15) is 0 Å². The Morgan fingerprint density at radius 3 is 2.45 bits per heavy atom. The lowest BCUT2D eigenvalue weighted by Crippen LogP contribution is -2.32. The number of nitrogens with one attached hydrogen (secondary N) is 1. The van der Waals surface area contributed by atoms with E-state index in [1.54, 1.807) is 0 Å². The maximum Gasteiger partial charge on any atom is 0.407 e. The van der Waals surface area contributed by atoms with Crippen LogP contribution in [0.3, 0.4) is 0 Å². The molecule has 3 heteroatoms. The Hall–Kier alpha value is -2.55. The van der Waals surface area contributed by atoms with Crippen LogP contribution in [0.25, 0.3) is 5.57 Å². The predicted molar refractivity (Wildman–Crippen MR) is 87.2 cm³/mol. The highest BCUT2D eigenvalue weighted by Gasteiger charge is 2.19. The summed E-state index contributed by atoms with van der Waals surface area (Å²) in [7, 11) is 0. The molecule has 0 heterocycles. The summed E-state index contributed by atoms with van der Waals surface area (Å²) in [6.45, 7) is 0.300. The molecule has 0 fully saturated rings. The smallest absolute Gasteiger partial charge is 0.407 e. The molecular weight excluding hydrogens is 274 g/mol. The van der Waals surface area contributed by atoms with Crippen molar-refractivity contribution in [1.29, 1.82) is 0 Å². The van der Waals surface area contributed by atoms with Crippen molar-refractivity contribution in [3.05, 3.63) is 77.9 Å². The molecule has 1 amide bonds. The van der Waals surface area contributed by atoms with Crippen molar-refractivity contribution >= 4 is 11.7 Å². The lowest BCUT2D eigenvalue weighted by atomic mass is 10.1. The summed E-state index contributed by atoms with van der Waals surface area (Å²) < 4.78 is 5.25. The van der Waals surface area contributed by atoms with Gasteiger partial charge in [0.1, 0.15) is 6.61 Å². The van der Waals surface area contributed by atoms with Gasteiger partial charge in [0, 0.05) is 0 Å². The molecule has 0 aliphatic heterocycles. The molecule has 2 aromatic rings. The van der Waals surface area contributed by atoms with Gasteiger partial charge in [-0.3, -0.25) is 0 Å². The van der Waals surface area contributed by atoms with E-state index < -0.39 is 0 Å². The highest BCUT2D eigenvalue weighted by Crippen LogP contribution is 2.27. The summed E-state index contributed by atoms with van der Waals surface area (Å²) in [6, 6.07) is 20.0. The van der Waals surface area contributed by atoms with E-state index in [9.17, 15) is 4.79 Å². The molecule has 1 aliphatic rings. The van der Waals surface area contributed by atoms with Gasteiger partial charge in [-0.25, -0.2) is 4.79 Å². The standard InChI is InChI=1S/C19H19NO2/c21-19(22-14-15-7-3-1-4-8-15)20-18-12-11-17(13-18)16-9-5-2-6-10-16/h1-10,13,18H,11-12,14H2,(H,20,21). The molecule has 22 heavy (non-hydrogen) atoms. The van der Waals surface area contributed by atoms with Gasteiger partial charge in [-0.05, 0) is 29.5 Å². The maximum atomic E-state index is 11.9. The minimum atomic E-state index is -0.362. The normalized spacial score (nSPS) is 16.9. The van der Waals surface area contributed by atoms with Crippen LogP contribution in [0.4, 0.5) is 4.79 Å². The number of rotatable bonds is 4. The molecule has 1 atom stereocenters. The lowest BCUT2D eigenvalue weighted by molar-refractivity contribution is 0.137. The van der Waals surface area contributed by atoms with Gasteiger partial charge in [-0.15, -0.1) is 0 Å². The number of alkyl carbamates (subject to hydrolysis) is 1. The third-order valence-corrected chi connectivity index (χ3v) is 3.79. The fourth-order valence-corrected chi connectivity index (χ4v) is 2.64. The molecular formula is C19H19NO2. The van der Waals surface area contributed by atoms with Crippen molar-refractivity contribution in [3.8, 4) is 0 Å². The average molecular weight is 293 g/mol. The molecule has 1 unspecified atom stereocenters. The fourth-order valence-electron chi connectivity index (χ4n) is 2.64. The first-order chi connectivity index (χ1) is 10.8. The Bertz CT molecular complexity index is 650. The van der Waals surface area contributed by atoms with E-state index in [2.05, 4.69) is 23.5 Å². The van der Waals surface area contributed by atoms with Crippen molar-refractivity contribution in [2.75, 3.05) is 0 Å². The van der Waals surface area contributed by atoms with Crippen molar-refractivity contribution in [1.82, 2.24) is 5.32 Å². The fraction of sp³-hybridized carbons (Fsp3) is 0.211. The predicted octanol–water partition coefficient (Wildman–Crippen LogP) is 4.16. The van der Waals surface area contributed by atoms with Gasteiger partial charge in [-0.1, -0.05) is 66.7 Å². The van der Waals surface area contributed by atoms with Gasteiger partial charge in [0.25, 0.3) is 0 Å². The number of hydrogen-bond donors (Lipinski definition) is 1. The third-order valence-electron chi connectivity index (χ3n) is 3.79. The lowest BCUT2D eigenvalue weighted by Gasteiger charge is -2.11. The minimum Gasteiger partial charge on any atom is -0.445 e. The number of hydrogen-bond acceptors (Lipinski definition) is 2. The largest absolute Gasteiger partial charge is 0.445 e. The van der Waals surface area contributed by atoms with Crippen molar-refractivity contribution in [2.24, 2.45) is 0 Å². The van der Waals surface area contributed by atoms with Gasteiger partial charge in [0.15, 0.2) is 0 Å². The summed E-state index contributed by atoms with van der Waals surface area (Å²) in [5.41, 5.74) is 3.50. The molecule has 3 rings (SSSR count). The maximum absolute atomic E-state index is 11.9. The Kier molecular flexibility index (Phi) is 4.54. The first-order valence-electron chi connectivity index (χ1n) is 7.54. The number of allylic oxidation sites excluding steroid dienone is 1. The van der Waals surface area contributed by atoms with Crippen LogP contribution in [-0.4, -0.2) is 12.1 Å². The van der Waals surface area contributed by atoms with Crippen molar-refractivity contribution < 1.29 is 9.53 Å². The van der Waals surface area contributed by atoms with Crippen LogP contribution in [0.5, 0.6) is 0 Å². The van der Waals surface area contributed by atoms with Crippen molar-refractivity contribution in [3.63, 3.8) is 0 Å². The Morgan fingerprint density at radius 2 is 1.73 bits per heavy atom. The molecule has 1 N–H and O–H groups in total. The Balaban J connectivity index is 1.51. The van der Waals surface area contributed by atoms with Crippen LogP contribution in [0, 0.1) is 0 Å². The first kappa shape index (κ1) is 14.4. The minimum absolute atomic E-state index is 0.0541. The van der Waals surface area contributed by atoms with Crippen LogP contribution in [0.1, 0.15) is 24.0 Å². The topological polar surface area (TPSA) is 38.3 Å². The number of benzene rings is 2. The van der Waals surface area contributed by atoms with E-state index in [0.717, 1.165) is 18.4 Å². The number of ether oxygens (including phenoxy) is 1. The second kappa shape index (κ2) is 6.94. The summed E-state index contributed by atoms with van der Waals surface area (Å²) in [5.74, 6) is 0. The van der Waals surface area contributed by atoms with E-state index in [4.69, 9.17) is 4.74 Å². The second-order valence-electron chi connectivity index (χ2n) is 5.41. The molecule has 0 saturated carbocycles. The summed E-state index contributed by atoms with van der Waals surface area (Å²) >= 11 is 0. The van der Waals surface area contributed by atoms with E-state index in [1.165, 1.54) is 11.1 Å². The van der Waals surface area contributed by atoms with Crippen LogP contribution in [0.2, 0.25) is 0 Å².